The van der Waals surface area contributed by atoms with Gasteiger partial charge in [-0.2, -0.15) is 0 Å². The van der Waals surface area contributed by atoms with Crippen molar-refractivity contribution >= 4 is 11.6 Å². The van der Waals surface area contributed by atoms with Crippen molar-refractivity contribution in [2.45, 2.75) is 32.7 Å². The summed E-state index contributed by atoms with van der Waals surface area (Å²) in [5.41, 5.74) is 7.03. The Kier molecular flexibility index (Phi) is 4.12. The van der Waals surface area contributed by atoms with E-state index >= 15 is 0 Å². The molecule has 4 heteroatoms. The Hall–Kier alpha value is -1.55. The zero-order chi connectivity index (χ0) is 13.1. The Labute approximate surface area is 102 Å². The topological polar surface area (TPSA) is 64.3 Å². The normalized spacial score (nSPS) is 11.1. The first-order chi connectivity index (χ1) is 7.81. The van der Waals surface area contributed by atoms with Gasteiger partial charge in [-0.15, -0.1) is 0 Å². The molecule has 0 fully saturated rings. The van der Waals surface area contributed by atoms with E-state index in [9.17, 15) is 4.79 Å². The standard InChI is InChI=1S/C13H20N2O2/c1-9-5-6-11(17-4)10(7-9)15-12(16)8-13(2,3)14/h5-7H,8,14H2,1-4H3,(H,15,16). The highest BCUT2D eigenvalue weighted by atomic mass is 16.5. The molecule has 1 aromatic rings. The monoisotopic (exact) mass is 236 g/mol. The largest absolute Gasteiger partial charge is 0.495 e. The predicted octanol–water partition coefficient (Wildman–Crippen LogP) is 2.07. The molecule has 1 aromatic carbocycles. The lowest BCUT2D eigenvalue weighted by Gasteiger charge is -2.18. The summed E-state index contributed by atoms with van der Waals surface area (Å²) in [5.74, 6) is 0.542. The van der Waals surface area contributed by atoms with E-state index < -0.39 is 5.54 Å². The fourth-order valence-electron chi connectivity index (χ4n) is 1.53. The van der Waals surface area contributed by atoms with Crippen LogP contribution in [0.15, 0.2) is 18.2 Å². The lowest BCUT2D eigenvalue weighted by Crippen LogP contribution is -2.36. The third-order valence-electron chi connectivity index (χ3n) is 2.25. The number of carbonyl (C=O) groups excluding carboxylic acids is 1. The van der Waals surface area contributed by atoms with Crippen molar-refractivity contribution in [1.29, 1.82) is 0 Å². The Morgan fingerprint density at radius 2 is 2.12 bits per heavy atom. The van der Waals surface area contributed by atoms with Gasteiger partial charge in [-0.3, -0.25) is 4.79 Å². The van der Waals surface area contributed by atoms with Gasteiger partial charge in [0.2, 0.25) is 5.91 Å². The van der Waals surface area contributed by atoms with Gasteiger partial charge in [0.15, 0.2) is 0 Å². The molecule has 0 aromatic heterocycles. The third-order valence-corrected chi connectivity index (χ3v) is 2.25. The van der Waals surface area contributed by atoms with Crippen molar-refractivity contribution in [2.24, 2.45) is 5.73 Å². The molecular formula is C13H20N2O2. The molecule has 1 amide bonds. The summed E-state index contributed by atoms with van der Waals surface area (Å²) in [6, 6.07) is 5.64. The van der Waals surface area contributed by atoms with Crippen LogP contribution in [0.25, 0.3) is 0 Å². The molecule has 17 heavy (non-hydrogen) atoms. The van der Waals surface area contributed by atoms with Crippen LogP contribution >= 0.6 is 0 Å². The number of rotatable bonds is 4. The maximum Gasteiger partial charge on any atom is 0.226 e. The van der Waals surface area contributed by atoms with Gasteiger partial charge in [-0.05, 0) is 38.5 Å². The summed E-state index contributed by atoms with van der Waals surface area (Å²) in [5, 5.41) is 2.81. The Morgan fingerprint density at radius 1 is 1.47 bits per heavy atom. The molecular weight excluding hydrogens is 216 g/mol. The van der Waals surface area contributed by atoms with E-state index in [0.29, 0.717) is 11.4 Å². The molecule has 0 saturated carbocycles. The van der Waals surface area contributed by atoms with Crippen LogP contribution in [0.2, 0.25) is 0 Å². The van der Waals surface area contributed by atoms with E-state index in [-0.39, 0.29) is 12.3 Å². The van der Waals surface area contributed by atoms with E-state index in [1.807, 2.05) is 39.0 Å². The molecule has 0 bridgehead atoms. The molecule has 0 aliphatic carbocycles. The maximum atomic E-state index is 11.8. The summed E-state index contributed by atoms with van der Waals surface area (Å²) in [7, 11) is 1.58. The van der Waals surface area contributed by atoms with Crippen molar-refractivity contribution < 1.29 is 9.53 Å². The van der Waals surface area contributed by atoms with E-state index in [4.69, 9.17) is 10.5 Å². The third kappa shape index (κ3) is 4.44. The highest BCUT2D eigenvalue weighted by Gasteiger charge is 2.17. The highest BCUT2D eigenvalue weighted by Crippen LogP contribution is 2.25. The quantitative estimate of drug-likeness (QED) is 0.841. The first-order valence-electron chi connectivity index (χ1n) is 5.55. The number of amides is 1. The molecule has 0 aliphatic rings. The molecule has 1 rings (SSSR count). The van der Waals surface area contributed by atoms with Gasteiger partial charge in [0.1, 0.15) is 5.75 Å². The van der Waals surface area contributed by atoms with Gasteiger partial charge in [0.25, 0.3) is 0 Å². The number of benzene rings is 1. The zero-order valence-electron chi connectivity index (χ0n) is 10.8. The number of carbonyl (C=O) groups is 1. The highest BCUT2D eigenvalue weighted by molar-refractivity contribution is 5.93. The van der Waals surface area contributed by atoms with E-state index in [0.717, 1.165) is 5.56 Å². The number of methoxy groups -OCH3 is 1. The minimum Gasteiger partial charge on any atom is -0.495 e. The average Bonchev–Trinajstić information content (AvgIpc) is 2.14. The number of hydrogen-bond donors (Lipinski definition) is 2. The Balaban J connectivity index is 2.80. The minimum atomic E-state index is -0.513. The summed E-state index contributed by atoms with van der Waals surface area (Å²) in [4.78, 5) is 11.8. The molecule has 0 unspecified atom stereocenters. The molecule has 4 nitrogen and oxygen atoms in total. The second kappa shape index (κ2) is 5.19. The maximum absolute atomic E-state index is 11.8. The van der Waals surface area contributed by atoms with Crippen molar-refractivity contribution in [1.82, 2.24) is 0 Å². The summed E-state index contributed by atoms with van der Waals surface area (Å²) < 4.78 is 5.19. The number of nitrogens with two attached hydrogens (primary N) is 1. The van der Waals surface area contributed by atoms with Crippen LogP contribution in [0, 0.1) is 6.92 Å². The molecule has 0 radical (unpaired) electrons. The van der Waals surface area contributed by atoms with Crippen LogP contribution in [-0.4, -0.2) is 18.6 Å². The number of ether oxygens (including phenoxy) is 1. The SMILES string of the molecule is COc1ccc(C)cc1NC(=O)CC(C)(C)N. The van der Waals surface area contributed by atoms with Crippen LogP contribution in [0.1, 0.15) is 25.8 Å². The Bertz CT molecular complexity index is 408. The van der Waals surface area contributed by atoms with Crippen molar-refractivity contribution in [3.05, 3.63) is 23.8 Å². The summed E-state index contributed by atoms with van der Waals surface area (Å²) in [6.45, 7) is 5.60. The van der Waals surface area contributed by atoms with Crippen LogP contribution in [0.5, 0.6) is 5.75 Å². The van der Waals surface area contributed by atoms with Gasteiger partial charge in [0, 0.05) is 12.0 Å². The second-order valence-electron chi connectivity index (χ2n) is 4.92. The molecule has 3 N–H and O–H groups in total. The molecule has 0 aliphatic heterocycles. The fraction of sp³-hybridized carbons (Fsp3) is 0.462. The van der Waals surface area contributed by atoms with E-state index in [1.54, 1.807) is 7.11 Å². The fourth-order valence-corrected chi connectivity index (χ4v) is 1.53. The number of nitrogens with one attached hydrogen (secondary N) is 1. The zero-order valence-corrected chi connectivity index (χ0v) is 10.8. The summed E-state index contributed by atoms with van der Waals surface area (Å²) >= 11 is 0. The van der Waals surface area contributed by atoms with Crippen LogP contribution in [-0.2, 0) is 4.79 Å². The first-order valence-corrected chi connectivity index (χ1v) is 5.55. The smallest absolute Gasteiger partial charge is 0.226 e. The van der Waals surface area contributed by atoms with Crippen LogP contribution < -0.4 is 15.8 Å². The van der Waals surface area contributed by atoms with Crippen LogP contribution in [0.4, 0.5) is 5.69 Å². The number of aryl methyl sites for hydroxylation is 1. The molecule has 0 heterocycles. The molecule has 0 saturated heterocycles. The van der Waals surface area contributed by atoms with E-state index in [1.165, 1.54) is 0 Å². The first kappa shape index (κ1) is 13.5. The number of anilines is 1. The molecule has 0 spiro atoms. The second-order valence-corrected chi connectivity index (χ2v) is 4.92. The van der Waals surface area contributed by atoms with Gasteiger partial charge in [0.05, 0.1) is 12.8 Å². The van der Waals surface area contributed by atoms with Crippen molar-refractivity contribution in [2.75, 3.05) is 12.4 Å². The lowest BCUT2D eigenvalue weighted by atomic mass is 10.0. The Morgan fingerprint density at radius 3 is 2.65 bits per heavy atom. The van der Waals surface area contributed by atoms with Crippen molar-refractivity contribution in [3.8, 4) is 5.75 Å². The van der Waals surface area contributed by atoms with Gasteiger partial charge >= 0.3 is 0 Å². The van der Waals surface area contributed by atoms with Gasteiger partial charge in [-0.25, -0.2) is 0 Å². The molecule has 0 atom stereocenters. The van der Waals surface area contributed by atoms with Gasteiger partial charge in [-0.1, -0.05) is 6.07 Å². The lowest BCUT2D eigenvalue weighted by molar-refractivity contribution is -0.117. The van der Waals surface area contributed by atoms with E-state index in [2.05, 4.69) is 5.32 Å². The molecule has 94 valence electrons. The van der Waals surface area contributed by atoms with Crippen molar-refractivity contribution in [3.63, 3.8) is 0 Å². The predicted molar refractivity (Wildman–Crippen MR) is 69.2 cm³/mol. The minimum absolute atomic E-state index is 0.110. The van der Waals surface area contributed by atoms with Gasteiger partial charge < -0.3 is 15.8 Å². The average molecular weight is 236 g/mol. The number of hydrogen-bond acceptors (Lipinski definition) is 3. The van der Waals surface area contributed by atoms with Crippen LogP contribution in [0.3, 0.4) is 0 Å². The summed E-state index contributed by atoms with van der Waals surface area (Å²) in [6.07, 6.45) is 0.268.